The highest BCUT2D eigenvalue weighted by Crippen LogP contribution is 2.35. The number of halogens is 2. The van der Waals surface area contributed by atoms with Crippen LogP contribution >= 0.6 is 0 Å². The number of carbonyl (C=O) groups is 1. The molecule has 0 fully saturated rings. The van der Waals surface area contributed by atoms with Crippen LogP contribution in [0.2, 0.25) is 0 Å². The molecule has 0 amide bonds. The van der Waals surface area contributed by atoms with E-state index in [0.29, 0.717) is 5.75 Å². The van der Waals surface area contributed by atoms with Crippen molar-refractivity contribution in [1.82, 2.24) is 0 Å². The van der Waals surface area contributed by atoms with Gasteiger partial charge in [-0.3, -0.25) is 0 Å². The van der Waals surface area contributed by atoms with Crippen LogP contribution in [-0.2, 0) is 15.5 Å². The molecule has 0 aliphatic heterocycles. The van der Waals surface area contributed by atoms with Gasteiger partial charge in [0, 0.05) is 17.6 Å². The molecular weight excluding hydrogens is 242 g/mol. The molecule has 0 bridgehead atoms. The average molecular weight is 256 g/mol. The Morgan fingerprint density at radius 1 is 1.28 bits per heavy atom. The van der Waals surface area contributed by atoms with Crippen LogP contribution in [0.4, 0.5) is 8.78 Å². The van der Waals surface area contributed by atoms with E-state index in [1.165, 1.54) is 31.4 Å². The van der Waals surface area contributed by atoms with Crippen molar-refractivity contribution in [3.8, 4) is 5.75 Å². The van der Waals surface area contributed by atoms with Crippen molar-refractivity contribution in [2.75, 3.05) is 14.2 Å². The first-order valence-corrected chi connectivity index (χ1v) is 5.19. The normalized spacial score (nSPS) is 10.9. The molecule has 0 atom stereocenters. The van der Waals surface area contributed by atoms with Crippen LogP contribution in [-0.4, -0.2) is 20.2 Å². The average Bonchev–Trinajstić information content (AvgIpc) is 2.37. The van der Waals surface area contributed by atoms with E-state index < -0.39 is 18.3 Å². The summed E-state index contributed by atoms with van der Waals surface area (Å²) in [6.07, 6.45) is -0.772. The maximum atomic E-state index is 13.8. The van der Waals surface area contributed by atoms with E-state index in [-0.39, 0.29) is 11.1 Å². The van der Waals surface area contributed by atoms with E-state index in [1.807, 2.05) is 0 Å². The summed E-state index contributed by atoms with van der Waals surface area (Å²) >= 11 is 0. The van der Waals surface area contributed by atoms with Crippen molar-refractivity contribution >= 4 is 5.97 Å². The Morgan fingerprint density at radius 2 is 1.83 bits per heavy atom. The van der Waals surface area contributed by atoms with E-state index >= 15 is 0 Å². The van der Waals surface area contributed by atoms with Gasteiger partial charge in [-0.2, -0.15) is 0 Å². The van der Waals surface area contributed by atoms with Crippen molar-refractivity contribution in [1.29, 1.82) is 0 Å². The Labute approximate surface area is 104 Å². The van der Waals surface area contributed by atoms with Gasteiger partial charge in [0.05, 0.1) is 14.2 Å². The quantitative estimate of drug-likeness (QED) is 0.600. The van der Waals surface area contributed by atoms with Crippen LogP contribution in [0.5, 0.6) is 5.75 Å². The van der Waals surface area contributed by atoms with Gasteiger partial charge < -0.3 is 9.47 Å². The van der Waals surface area contributed by atoms with Gasteiger partial charge in [-0.1, -0.05) is 6.58 Å². The Kier molecular flexibility index (Phi) is 4.42. The third kappa shape index (κ3) is 3.29. The molecule has 0 saturated carbocycles. The lowest BCUT2D eigenvalue weighted by molar-refractivity contribution is -0.137. The monoisotopic (exact) mass is 256 g/mol. The summed E-state index contributed by atoms with van der Waals surface area (Å²) in [5.41, 5.74) is -0.466. The zero-order valence-corrected chi connectivity index (χ0v) is 10.2. The standard InChI is InChI=1S/C13H14F2O3/c1-9(12(16)18-3)8-13(14,15)10-4-6-11(17-2)7-5-10/h4-7H,1,8H2,2-3H3. The zero-order chi connectivity index (χ0) is 13.8. The number of rotatable bonds is 5. The molecule has 98 valence electrons. The van der Waals surface area contributed by atoms with Gasteiger partial charge in [-0.25, -0.2) is 13.6 Å². The van der Waals surface area contributed by atoms with Crippen molar-refractivity contribution in [2.45, 2.75) is 12.3 Å². The van der Waals surface area contributed by atoms with Gasteiger partial charge >= 0.3 is 5.97 Å². The Morgan fingerprint density at radius 3 is 2.28 bits per heavy atom. The van der Waals surface area contributed by atoms with Crippen LogP contribution in [0.3, 0.4) is 0 Å². The second-order valence-electron chi connectivity index (χ2n) is 3.70. The predicted octanol–water partition coefficient (Wildman–Crippen LogP) is 2.91. The summed E-state index contributed by atoms with van der Waals surface area (Å²) in [5.74, 6) is -3.51. The van der Waals surface area contributed by atoms with Crippen LogP contribution in [0.15, 0.2) is 36.4 Å². The Bertz CT molecular complexity index is 438. The molecule has 0 aliphatic rings. The molecule has 0 unspecified atom stereocenters. The minimum absolute atomic E-state index is 0.201. The smallest absolute Gasteiger partial charge is 0.333 e. The summed E-state index contributed by atoms with van der Waals surface area (Å²) in [5, 5.41) is 0. The van der Waals surface area contributed by atoms with Gasteiger partial charge in [0.25, 0.3) is 5.92 Å². The van der Waals surface area contributed by atoms with Gasteiger partial charge in [-0.15, -0.1) is 0 Å². The van der Waals surface area contributed by atoms with E-state index in [0.717, 1.165) is 7.11 Å². The van der Waals surface area contributed by atoms with Gasteiger partial charge in [0.15, 0.2) is 0 Å². The highest BCUT2D eigenvalue weighted by molar-refractivity contribution is 5.87. The SMILES string of the molecule is C=C(CC(F)(F)c1ccc(OC)cc1)C(=O)OC. The van der Waals surface area contributed by atoms with E-state index in [2.05, 4.69) is 11.3 Å². The van der Waals surface area contributed by atoms with E-state index in [4.69, 9.17) is 4.74 Å². The Hall–Kier alpha value is -1.91. The lowest BCUT2D eigenvalue weighted by atomic mass is 10.0. The lowest BCUT2D eigenvalue weighted by Crippen LogP contribution is -2.17. The van der Waals surface area contributed by atoms with Crippen LogP contribution in [0, 0.1) is 0 Å². The zero-order valence-electron chi connectivity index (χ0n) is 10.2. The third-order valence-electron chi connectivity index (χ3n) is 2.42. The molecule has 0 N–H and O–H groups in total. The summed E-state index contributed by atoms with van der Waals surface area (Å²) < 4.78 is 36.9. The number of carbonyl (C=O) groups excluding carboxylic acids is 1. The number of esters is 1. The minimum Gasteiger partial charge on any atom is -0.497 e. The molecule has 5 heteroatoms. The van der Waals surface area contributed by atoms with Gasteiger partial charge in [-0.05, 0) is 24.3 Å². The molecular formula is C13H14F2O3. The maximum Gasteiger partial charge on any atom is 0.333 e. The fourth-order valence-electron chi connectivity index (χ4n) is 1.42. The molecule has 0 saturated heterocycles. The van der Waals surface area contributed by atoms with Crippen LogP contribution in [0.1, 0.15) is 12.0 Å². The Balaban J connectivity index is 2.84. The molecule has 1 rings (SSSR count). The molecule has 0 heterocycles. The summed E-state index contributed by atoms with van der Waals surface area (Å²) in [6, 6.07) is 5.38. The van der Waals surface area contributed by atoms with Crippen LogP contribution in [0.25, 0.3) is 0 Å². The van der Waals surface area contributed by atoms with Gasteiger partial charge in [0.2, 0.25) is 0 Å². The third-order valence-corrected chi connectivity index (χ3v) is 2.42. The summed E-state index contributed by atoms with van der Waals surface area (Å²) in [6.45, 7) is 3.29. The fourth-order valence-corrected chi connectivity index (χ4v) is 1.42. The van der Waals surface area contributed by atoms with E-state index in [1.54, 1.807) is 0 Å². The molecule has 0 aliphatic carbocycles. The lowest BCUT2D eigenvalue weighted by Gasteiger charge is -2.17. The summed E-state index contributed by atoms with van der Waals surface area (Å²) in [4.78, 5) is 11.0. The number of benzene rings is 1. The number of hydrogen-bond acceptors (Lipinski definition) is 3. The first-order chi connectivity index (χ1) is 8.40. The molecule has 0 aromatic heterocycles. The number of alkyl halides is 2. The molecule has 1 aromatic carbocycles. The fraction of sp³-hybridized carbons (Fsp3) is 0.308. The molecule has 3 nitrogen and oxygen atoms in total. The minimum atomic E-state index is -3.17. The molecule has 1 aromatic rings. The number of hydrogen-bond donors (Lipinski definition) is 0. The summed E-state index contributed by atoms with van der Waals surface area (Å²) in [7, 11) is 2.57. The van der Waals surface area contributed by atoms with Crippen molar-refractivity contribution in [2.24, 2.45) is 0 Å². The molecule has 0 spiro atoms. The highest BCUT2D eigenvalue weighted by Gasteiger charge is 2.34. The second kappa shape index (κ2) is 5.62. The first-order valence-electron chi connectivity index (χ1n) is 5.19. The van der Waals surface area contributed by atoms with Crippen molar-refractivity contribution in [3.63, 3.8) is 0 Å². The van der Waals surface area contributed by atoms with E-state index in [9.17, 15) is 13.6 Å². The number of ether oxygens (including phenoxy) is 2. The van der Waals surface area contributed by atoms with Crippen molar-refractivity contribution < 1.29 is 23.0 Å². The molecule has 18 heavy (non-hydrogen) atoms. The largest absolute Gasteiger partial charge is 0.497 e. The van der Waals surface area contributed by atoms with Crippen molar-refractivity contribution in [3.05, 3.63) is 42.0 Å². The van der Waals surface area contributed by atoms with Gasteiger partial charge in [0.1, 0.15) is 5.75 Å². The van der Waals surface area contributed by atoms with Crippen LogP contribution < -0.4 is 4.74 Å². The molecule has 0 radical (unpaired) electrons. The predicted molar refractivity (Wildman–Crippen MR) is 62.7 cm³/mol. The topological polar surface area (TPSA) is 35.5 Å². The number of methoxy groups -OCH3 is 2. The second-order valence-corrected chi connectivity index (χ2v) is 3.70. The highest BCUT2D eigenvalue weighted by atomic mass is 19.3. The maximum absolute atomic E-state index is 13.8. The first kappa shape index (κ1) is 14.2.